The molecule has 128 valence electrons. The number of primary amides is 1. The lowest BCUT2D eigenvalue weighted by Gasteiger charge is -2.12. The maximum absolute atomic E-state index is 11.3. The Labute approximate surface area is 150 Å². The topological polar surface area (TPSA) is 96.3 Å². The number of ether oxygens (including phenoxy) is 1. The van der Waals surface area contributed by atoms with Gasteiger partial charge in [0.25, 0.3) is 5.91 Å². The smallest absolute Gasteiger partial charge is 0.259 e. The number of nitrogens with zero attached hydrogens (tertiary/aromatic N) is 1. The van der Waals surface area contributed by atoms with Gasteiger partial charge in [0.15, 0.2) is 11.5 Å². The van der Waals surface area contributed by atoms with Gasteiger partial charge in [-0.2, -0.15) is 5.26 Å². The molecule has 0 aliphatic carbocycles. The van der Waals surface area contributed by atoms with Gasteiger partial charge in [-0.15, -0.1) is 11.8 Å². The van der Waals surface area contributed by atoms with Crippen molar-refractivity contribution >= 4 is 23.7 Å². The zero-order valence-corrected chi connectivity index (χ0v) is 14.5. The predicted molar refractivity (Wildman–Crippen MR) is 98.1 cm³/mol. The summed E-state index contributed by atoms with van der Waals surface area (Å²) in [6.45, 7) is 2.19. The second kappa shape index (κ2) is 8.81. The van der Waals surface area contributed by atoms with Crippen molar-refractivity contribution < 1.29 is 14.6 Å². The number of nitriles is 1. The molecule has 0 spiro atoms. The maximum atomic E-state index is 11.3. The van der Waals surface area contributed by atoms with Crippen LogP contribution in [-0.2, 0) is 10.5 Å². The first-order valence-corrected chi connectivity index (χ1v) is 8.61. The van der Waals surface area contributed by atoms with Crippen LogP contribution in [0.2, 0.25) is 0 Å². The summed E-state index contributed by atoms with van der Waals surface area (Å²) in [5.74, 6) is 0.0752. The SMILES string of the molecule is CCOc1cc(/C=C(/C#N)C(N)=O)cc(CSc2ccccc2)c1O. The third kappa shape index (κ3) is 5.03. The minimum atomic E-state index is -0.797. The molecule has 0 radical (unpaired) electrons. The highest BCUT2D eigenvalue weighted by Crippen LogP contribution is 2.36. The highest BCUT2D eigenvalue weighted by atomic mass is 32.2. The van der Waals surface area contributed by atoms with Crippen LogP contribution < -0.4 is 10.5 Å². The fourth-order valence-electron chi connectivity index (χ4n) is 2.15. The molecule has 25 heavy (non-hydrogen) atoms. The molecule has 6 heteroatoms. The van der Waals surface area contributed by atoms with E-state index < -0.39 is 5.91 Å². The lowest BCUT2D eigenvalue weighted by atomic mass is 10.1. The number of phenols is 1. The molecular weight excluding hydrogens is 336 g/mol. The van der Waals surface area contributed by atoms with Crippen LogP contribution in [-0.4, -0.2) is 17.6 Å². The molecule has 0 unspecified atom stereocenters. The summed E-state index contributed by atoms with van der Waals surface area (Å²) in [5, 5.41) is 19.4. The Morgan fingerprint density at radius 1 is 1.36 bits per heavy atom. The maximum Gasteiger partial charge on any atom is 0.259 e. The summed E-state index contributed by atoms with van der Waals surface area (Å²) in [6.07, 6.45) is 1.39. The van der Waals surface area contributed by atoms with Gasteiger partial charge in [-0.1, -0.05) is 18.2 Å². The van der Waals surface area contributed by atoms with Gasteiger partial charge in [-0.25, -0.2) is 0 Å². The third-order valence-electron chi connectivity index (χ3n) is 3.31. The van der Waals surface area contributed by atoms with Crippen LogP contribution in [0.1, 0.15) is 18.1 Å². The lowest BCUT2D eigenvalue weighted by molar-refractivity contribution is -0.114. The van der Waals surface area contributed by atoms with E-state index in [4.69, 9.17) is 15.7 Å². The summed E-state index contributed by atoms with van der Waals surface area (Å²) in [5.41, 5.74) is 6.24. The number of carbonyl (C=O) groups excluding carboxylic acids is 1. The molecule has 0 aliphatic rings. The van der Waals surface area contributed by atoms with Crippen molar-refractivity contribution in [3.05, 3.63) is 59.2 Å². The van der Waals surface area contributed by atoms with Gasteiger partial charge in [-0.3, -0.25) is 4.79 Å². The van der Waals surface area contributed by atoms with E-state index in [2.05, 4.69) is 0 Å². The predicted octanol–water partition coefficient (Wildman–Crippen LogP) is 3.48. The van der Waals surface area contributed by atoms with Gasteiger partial charge in [0.05, 0.1) is 6.61 Å². The largest absolute Gasteiger partial charge is 0.504 e. The van der Waals surface area contributed by atoms with E-state index in [1.165, 1.54) is 6.08 Å². The number of aromatic hydroxyl groups is 1. The first-order valence-electron chi connectivity index (χ1n) is 7.63. The van der Waals surface area contributed by atoms with Crippen molar-refractivity contribution in [3.63, 3.8) is 0 Å². The second-order valence-electron chi connectivity index (χ2n) is 5.10. The van der Waals surface area contributed by atoms with E-state index in [1.807, 2.05) is 37.3 Å². The van der Waals surface area contributed by atoms with Gasteiger partial charge in [0, 0.05) is 16.2 Å². The molecule has 1 amide bonds. The Balaban J connectivity index is 2.37. The average molecular weight is 354 g/mol. The van der Waals surface area contributed by atoms with Gasteiger partial charge in [-0.05, 0) is 42.8 Å². The number of benzene rings is 2. The van der Waals surface area contributed by atoms with Crippen molar-refractivity contribution in [1.29, 1.82) is 5.26 Å². The molecule has 2 aromatic rings. The molecule has 2 aromatic carbocycles. The number of hydrogen-bond donors (Lipinski definition) is 2. The Morgan fingerprint density at radius 3 is 2.68 bits per heavy atom. The summed E-state index contributed by atoms with van der Waals surface area (Å²) < 4.78 is 5.46. The monoisotopic (exact) mass is 354 g/mol. The van der Waals surface area contributed by atoms with E-state index in [1.54, 1.807) is 30.0 Å². The van der Waals surface area contributed by atoms with Crippen LogP contribution in [0.15, 0.2) is 52.9 Å². The number of hydrogen-bond acceptors (Lipinski definition) is 5. The molecule has 0 fully saturated rings. The van der Waals surface area contributed by atoms with Crippen LogP contribution in [0.5, 0.6) is 11.5 Å². The van der Waals surface area contributed by atoms with Gasteiger partial charge in [0.2, 0.25) is 0 Å². The number of thioether (sulfide) groups is 1. The van der Waals surface area contributed by atoms with Crippen LogP contribution in [0.25, 0.3) is 6.08 Å². The standard InChI is InChI=1S/C19H18N2O3S/c1-2-24-17-10-13(8-14(11-20)19(21)23)9-15(18(17)22)12-25-16-6-4-3-5-7-16/h3-10,22H,2,12H2,1H3,(H2,21,23)/b14-8-. The van der Waals surface area contributed by atoms with Gasteiger partial charge >= 0.3 is 0 Å². The summed E-state index contributed by atoms with van der Waals surface area (Å²) in [7, 11) is 0. The van der Waals surface area contributed by atoms with E-state index in [0.29, 0.717) is 29.2 Å². The Kier molecular flexibility index (Phi) is 6.49. The van der Waals surface area contributed by atoms with E-state index in [9.17, 15) is 9.90 Å². The van der Waals surface area contributed by atoms with Crippen LogP contribution >= 0.6 is 11.8 Å². The highest BCUT2D eigenvalue weighted by molar-refractivity contribution is 7.98. The zero-order valence-electron chi connectivity index (χ0n) is 13.7. The zero-order chi connectivity index (χ0) is 18.2. The fraction of sp³-hybridized carbons (Fsp3) is 0.158. The first-order chi connectivity index (χ1) is 12.0. The normalized spacial score (nSPS) is 11.0. The van der Waals surface area contributed by atoms with E-state index in [0.717, 1.165) is 4.90 Å². The van der Waals surface area contributed by atoms with E-state index >= 15 is 0 Å². The molecule has 0 aliphatic heterocycles. The molecule has 5 nitrogen and oxygen atoms in total. The minimum absolute atomic E-state index is 0.0556. The number of rotatable bonds is 7. The lowest BCUT2D eigenvalue weighted by Crippen LogP contribution is -2.12. The molecule has 0 saturated heterocycles. The van der Waals surface area contributed by atoms with Crippen molar-refractivity contribution in [2.45, 2.75) is 17.6 Å². The number of amides is 1. The van der Waals surface area contributed by atoms with Crippen LogP contribution in [0.3, 0.4) is 0 Å². The average Bonchev–Trinajstić information content (AvgIpc) is 2.61. The summed E-state index contributed by atoms with van der Waals surface area (Å²) >= 11 is 1.56. The second-order valence-corrected chi connectivity index (χ2v) is 6.14. The molecule has 3 N–H and O–H groups in total. The van der Waals surface area contributed by atoms with Gasteiger partial charge < -0.3 is 15.6 Å². The van der Waals surface area contributed by atoms with Crippen molar-refractivity contribution in [1.82, 2.24) is 0 Å². The third-order valence-corrected chi connectivity index (χ3v) is 4.37. The highest BCUT2D eigenvalue weighted by Gasteiger charge is 2.12. The fourth-order valence-corrected chi connectivity index (χ4v) is 3.04. The molecule has 0 aromatic heterocycles. The van der Waals surface area contributed by atoms with Crippen molar-refractivity contribution in [3.8, 4) is 17.6 Å². The van der Waals surface area contributed by atoms with Crippen LogP contribution in [0.4, 0.5) is 0 Å². The Hall–Kier alpha value is -2.91. The number of carbonyl (C=O) groups is 1. The molecule has 0 atom stereocenters. The Bertz CT molecular complexity index is 827. The Morgan fingerprint density at radius 2 is 2.08 bits per heavy atom. The van der Waals surface area contributed by atoms with E-state index in [-0.39, 0.29) is 11.3 Å². The molecular formula is C19H18N2O3S. The minimum Gasteiger partial charge on any atom is -0.504 e. The summed E-state index contributed by atoms with van der Waals surface area (Å²) in [4.78, 5) is 12.3. The first kappa shape index (κ1) is 18.4. The van der Waals surface area contributed by atoms with Crippen molar-refractivity contribution in [2.75, 3.05) is 6.61 Å². The van der Waals surface area contributed by atoms with Crippen LogP contribution in [0, 0.1) is 11.3 Å². The molecule has 0 heterocycles. The molecule has 0 saturated carbocycles. The number of phenolic OH excluding ortho intramolecular Hbond substituents is 1. The summed E-state index contributed by atoms with van der Waals surface area (Å²) in [6, 6.07) is 14.9. The van der Waals surface area contributed by atoms with Crippen molar-refractivity contribution in [2.24, 2.45) is 5.73 Å². The molecule has 0 bridgehead atoms. The molecule has 2 rings (SSSR count). The quantitative estimate of drug-likeness (QED) is 0.451. The van der Waals surface area contributed by atoms with Gasteiger partial charge in [0.1, 0.15) is 11.6 Å². The number of nitrogens with two attached hydrogens (primary N) is 1.